The van der Waals surface area contributed by atoms with E-state index in [1.165, 1.54) is 22.0 Å². The van der Waals surface area contributed by atoms with Gasteiger partial charge in [0.05, 0.1) is 10.7 Å². The van der Waals surface area contributed by atoms with Gasteiger partial charge in [-0.2, -0.15) is 0 Å². The second kappa shape index (κ2) is 7.37. The van der Waals surface area contributed by atoms with Crippen LogP contribution in [0.15, 0.2) is 36.5 Å². The van der Waals surface area contributed by atoms with E-state index in [4.69, 9.17) is 17.3 Å². The lowest BCUT2D eigenvalue weighted by Crippen LogP contribution is -1.99. The zero-order valence-electron chi connectivity index (χ0n) is 14.3. The SMILES string of the molecule is CC(C)c1cccc2c(CCCCN)c(-c3ncccc3Cl)[nH]c12. The summed E-state index contributed by atoms with van der Waals surface area (Å²) in [5, 5.41) is 1.95. The third kappa shape index (κ3) is 3.19. The molecule has 0 saturated carbocycles. The molecule has 2 heterocycles. The van der Waals surface area contributed by atoms with E-state index in [0.717, 1.165) is 37.2 Å². The van der Waals surface area contributed by atoms with Crippen molar-refractivity contribution in [2.75, 3.05) is 6.54 Å². The van der Waals surface area contributed by atoms with Crippen molar-refractivity contribution >= 4 is 22.5 Å². The standard InChI is InChI=1S/C20H24ClN3/c1-13(2)14-8-5-9-15-16(7-3-4-11-22)19(24-18(14)15)20-17(21)10-6-12-23-20/h5-6,8-10,12-13,24H,3-4,7,11,22H2,1-2H3. The van der Waals surface area contributed by atoms with Gasteiger partial charge in [0.15, 0.2) is 0 Å². The summed E-state index contributed by atoms with van der Waals surface area (Å²) in [6, 6.07) is 10.3. The minimum atomic E-state index is 0.455. The van der Waals surface area contributed by atoms with Gasteiger partial charge in [-0.3, -0.25) is 4.98 Å². The summed E-state index contributed by atoms with van der Waals surface area (Å²) >= 11 is 6.42. The van der Waals surface area contributed by atoms with Crippen molar-refractivity contribution in [3.05, 3.63) is 52.7 Å². The Morgan fingerprint density at radius 1 is 1.17 bits per heavy atom. The minimum Gasteiger partial charge on any atom is -0.353 e. The molecule has 24 heavy (non-hydrogen) atoms. The fourth-order valence-electron chi connectivity index (χ4n) is 3.25. The molecule has 0 atom stereocenters. The molecule has 3 rings (SSSR count). The topological polar surface area (TPSA) is 54.7 Å². The predicted octanol–water partition coefficient (Wildman–Crippen LogP) is 5.29. The van der Waals surface area contributed by atoms with Crippen molar-refractivity contribution in [3.63, 3.8) is 0 Å². The predicted molar refractivity (Wildman–Crippen MR) is 103 cm³/mol. The number of H-pyrrole nitrogens is 1. The number of pyridine rings is 1. The molecule has 4 heteroatoms. The number of nitrogens with one attached hydrogen (secondary N) is 1. The zero-order valence-corrected chi connectivity index (χ0v) is 15.0. The maximum atomic E-state index is 6.42. The summed E-state index contributed by atoms with van der Waals surface area (Å²) in [4.78, 5) is 8.14. The Hall–Kier alpha value is -1.84. The first kappa shape index (κ1) is 17.0. The van der Waals surface area contributed by atoms with Crippen molar-refractivity contribution in [1.29, 1.82) is 0 Å². The van der Waals surface area contributed by atoms with Gasteiger partial charge in [-0.05, 0) is 55.0 Å². The third-order valence-corrected chi connectivity index (χ3v) is 4.78. The van der Waals surface area contributed by atoms with Gasteiger partial charge in [-0.1, -0.05) is 43.6 Å². The first-order valence-corrected chi connectivity index (χ1v) is 8.95. The number of aromatic nitrogens is 2. The van der Waals surface area contributed by atoms with Crippen molar-refractivity contribution in [3.8, 4) is 11.4 Å². The number of hydrogen-bond donors (Lipinski definition) is 2. The highest BCUT2D eigenvalue weighted by atomic mass is 35.5. The van der Waals surface area contributed by atoms with Crippen LogP contribution in [0.2, 0.25) is 5.02 Å². The number of halogens is 1. The van der Waals surface area contributed by atoms with E-state index in [1.54, 1.807) is 6.20 Å². The Labute approximate surface area is 148 Å². The highest BCUT2D eigenvalue weighted by molar-refractivity contribution is 6.33. The first-order chi connectivity index (χ1) is 11.6. The van der Waals surface area contributed by atoms with E-state index >= 15 is 0 Å². The van der Waals surface area contributed by atoms with Crippen molar-refractivity contribution in [2.45, 2.75) is 39.0 Å². The summed E-state index contributed by atoms with van der Waals surface area (Å²) in [6.45, 7) is 5.16. The Morgan fingerprint density at radius 2 is 2.00 bits per heavy atom. The number of fused-ring (bicyclic) bond motifs is 1. The molecule has 3 nitrogen and oxygen atoms in total. The fraction of sp³-hybridized carbons (Fsp3) is 0.350. The Kier molecular flexibility index (Phi) is 5.22. The molecule has 0 spiro atoms. The second-order valence-corrected chi connectivity index (χ2v) is 6.89. The molecule has 0 aliphatic carbocycles. The molecule has 0 amide bonds. The highest BCUT2D eigenvalue weighted by Crippen LogP contribution is 2.36. The second-order valence-electron chi connectivity index (χ2n) is 6.48. The fourth-order valence-corrected chi connectivity index (χ4v) is 3.47. The lowest BCUT2D eigenvalue weighted by molar-refractivity contribution is 0.748. The van der Waals surface area contributed by atoms with Gasteiger partial charge < -0.3 is 10.7 Å². The number of aromatic amines is 1. The van der Waals surface area contributed by atoms with Crippen LogP contribution in [-0.4, -0.2) is 16.5 Å². The number of rotatable bonds is 6. The molecule has 3 aromatic rings. The lowest BCUT2D eigenvalue weighted by atomic mass is 9.97. The molecule has 0 aliphatic heterocycles. The van der Waals surface area contributed by atoms with E-state index in [1.807, 2.05) is 12.1 Å². The number of hydrogen-bond acceptors (Lipinski definition) is 2. The van der Waals surface area contributed by atoms with E-state index in [9.17, 15) is 0 Å². The van der Waals surface area contributed by atoms with Gasteiger partial charge in [0.25, 0.3) is 0 Å². The van der Waals surface area contributed by atoms with Crippen molar-refractivity contribution < 1.29 is 0 Å². The maximum absolute atomic E-state index is 6.42. The van der Waals surface area contributed by atoms with Crippen molar-refractivity contribution in [2.24, 2.45) is 5.73 Å². The monoisotopic (exact) mass is 341 g/mol. The molecule has 0 fully saturated rings. The van der Waals surface area contributed by atoms with E-state index in [-0.39, 0.29) is 0 Å². The molecule has 0 radical (unpaired) electrons. The van der Waals surface area contributed by atoms with Gasteiger partial charge in [0.1, 0.15) is 5.69 Å². The van der Waals surface area contributed by atoms with Crippen LogP contribution >= 0.6 is 11.6 Å². The van der Waals surface area contributed by atoms with Crippen molar-refractivity contribution in [1.82, 2.24) is 9.97 Å². The molecule has 3 N–H and O–H groups in total. The highest BCUT2D eigenvalue weighted by Gasteiger charge is 2.18. The molecular formula is C20H24ClN3. The van der Waals surface area contributed by atoms with E-state index in [2.05, 4.69) is 42.0 Å². The van der Waals surface area contributed by atoms with Gasteiger partial charge in [0.2, 0.25) is 0 Å². The third-order valence-electron chi connectivity index (χ3n) is 4.47. The van der Waals surface area contributed by atoms with Crippen LogP contribution in [-0.2, 0) is 6.42 Å². The Bertz CT molecular complexity index is 836. The summed E-state index contributed by atoms with van der Waals surface area (Å²) < 4.78 is 0. The largest absolute Gasteiger partial charge is 0.353 e. The van der Waals surface area contributed by atoms with Crippen LogP contribution in [0.25, 0.3) is 22.3 Å². The van der Waals surface area contributed by atoms with Gasteiger partial charge >= 0.3 is 0 Å². The average Bonchev–Trinajstić information content (AvgIpc) is 2.94. The minimum absolute atomic E-state index is 0.455. The zero-order chi connectivity index (χ0) is 17.1. The van der Waals surface area contributed by atoms with Crippen LogP contribution < -0.4 is 5.73 Å². The van der Waals surface area contributed by atoms with E-state index < -0.39 is 0 Å². The summed E-state index contributed by atoms with van der Waals surface area (Å²) in [7, 11) is 0. The quantitative estimate of drug-likeness (QED) is 0.598. The smallest absolute Gasteiger partial charge is 0.105 e. The summed E-state index contributed by atoms with van der Waals surface area (Å²) in [6.07, 6.45) is 4.85. The molecule has 0 unspecified atom stereocenters. The van der Waals surface area contributed by atoms with E-state index in [0.29, 0.717) is 10.9 Å². The van der Waals surface area contributed by atoms with Gasteiger partial charge in [-0.25, -0.2) is 0 Å². The number of unbranched alkanes of at least 4 members (excludes halogenated alkanes) is 1. The first-order valence-electron chi connectivity index (χ1n) is 8.58. The van der Waals surface area contributed by atoms with Gasteiger partial charge in [0, 0.05) is 17.1 Å². The number of aryl methyl sites for hydroxylation is 1. The maximum Gasteiger partial charge on any atom is 0.105 e. The van der Waals surface area contributed by atoms with Crippen LogP contribution in [0, 0.1) is 0 Å². The molecule has 126 valence electrons. The summed E-state index contributed by atoms with van der Waals surface area (Å²) in [5.74, 6) is 0.455. The Balaban J connectivity index is 2.21. The van der Waals surface area contributed by atoms with Crippen LogP contribution in [0.1, 0.15) is 43.7 Å². The molecule has 0 bridgehead atoms. The van der Waals surface area contributed by atoms with Crippen LogP contribution in [0.5, 0.6) is 0 Å². The molecule has 0 aliphatic rings. The van der Waals surface area contributed by atoms with Gasteiger partial charge in [-0.15, -0.1) is 0 Å². The lowest BCUT2D eigenvalue weighted by Gasteiger charge is -2.07. The normalized spacial score (nSPS) is 11.5. The van der Waals surface area contributed by atoms with Crippen LogP contribution in [0.4, 0.5) is 0 Å². The molecule has 1 aromatic carbocycles. The van der Waals surface area contributed by atoms with Crippen LogP contribution in [0.3, 0.4) is 0 Å². The molecular weight excluding hydrogens is 318 g/mol. The number of nitrogens with two attached hydrogens (primary N) is 1. The average molecular weight is 342 g/mol. The number of nitrogens with zero attached hydrogens (tertiary/aromatic N) is 1. The molecule has 2 aromatic heterocycles. The number of benzene rings is 1. The molecule has 0 saturated heterocycles. The summed E-state index contributed by atoms with van der Waals surface area (Å²) in [5.41, 5.74) is 11.4. The number of para-hydroxylation sites is 1. The Morgan fingerprint density at radius 3 is 2.71 bits per heavy atom.